The molecular formula is C22H24ClNO6. The van der Waals surface area contributed by atoms with Crippen LogP contribution in [0.2, 0.25) is 5.02 Å². The summed E-state index contributed by atoms with van der Waals surface area (Å²) in [5, 5.41) is 0.668. The Labute approximate surface area is 180 Å². The lowest BCUT2D eigenvalue weighted by atomic mass is 10.2. The van der Waals surface area contributed by atoms with Gasteiger partial charge in [-0.15, -0.1) is 0 Å². The summed E-state index contributed by atoms with van der Waals surface area (Å²) in [5.41, 5.74) is 0. The topological polar surface area (TPSA) is 66.5 Å². The molecule has 0 N–H and O–H groups in total. The second kappa shape index (κ2) is 9.91. The summed E-state index contributed by atoms with van der Waals surface area (Å²) < 4.78 is 27.9. The lowest BCUT2D eigenvalue weighted by Crippen LogP contribution is -2.47. The summed E-state index contributed by atoms with van der Waals surface area (Å²) in [6, 6.07) is 12.6. The first-order chi connectivity index (χ1) is 14.7. The fraction of sp³-hybridized carbons (Fsp3) is 0.409. The van der Waals surface area contributed by atoms with Gasteiger partial charge in [0.1, 0.15) is 24.2 Å². The number of fused-ring (bicyclic) bond motifs is 1. The smallest absolute Gasteiger partial charge is 0.231 e. The number of carbonyl (C=O) groups excluding carboxylic acids is 1. The summed E-state index contributed by atoms with van der Waals surface area (Å²) in [4.78, 5) is 14.4. The van der Waals surface area contributed by atoms with E-state index in [1.807, 2.05) is 29.2 Å². The maximum atomic E-state index is 12.5. The normalized spacial score (nSPS) is 17.6. The van der Waals surface area contributed by atoms with Crippen LogP contribution in [0.15, 0.2) is 42.5 Å². The summed E-state index contributed by atoms with van der Waals surface area (Å²) in [7, 11) is 0. The Hall–Kier alpha value is -2.64. The number of nitrogens with zero attached hydrogens (tertiary/aromatic N) is 1. The molecule has 7 nitrogen and oxygen atoms in total. The van der Waals surface area contributed by atoms with E-state index in [4.69, 9.17) is 35.3 Å². The molecule has 8 heteroatoms. The van der Waals surface area contributed by atoms with Crippen LogP contribution in [-0.4, -0.2) is 56.6 Å². The molecule has 2 aliphatic rings. The summed E-state index contributed by atoms with van der Waals surface area (Å²) in [6.07, 6.45) is 0.916. The molecule has 0 aromatic heterocycles. The van der Waals surface area contributed by atoms with Gasteiger partial charge in [0.2, 0.25) is 12.7 Å². The van der Waals surface area contributed by atoms with Gasteiger partial charge in [-0.25, -0.2) is 0 Å². The van der Waals surface area contributed by atoms with E-state index in [-0.39, 0.29) is 18.8 Å². The van der Waals surface area contributed by atoms with Crippen molar-refractivity contribution in [1.82, 2.24) is 4.90 Å². The van der Waals surface area contributed by atoms with Crippen LogP contribution in [-0.2, 0) is 9.53 Å². The Morgan fingerprint density at radius 3 is 2.73 bits per heavy atom. The number of rotatable bonds is 8. The van der Waals surface area contributed by atoms with Gasteiger partial charge in [0.15, 0.2) is 11.5 Å². The van der Waals surface area contributed by atoms with Crippen LogP contribution in [0.1, 0.15) is 12.8 Å². The van der Waals surface area contributed by atoms with E-state index in [0.29, 0.717) is 68.0 Å². The number of benzene rings is 2. The molecule has 2 heterocycles. The van der Waals surface area contributed by atoms with E-state index in [0.717, 1.165) is 5.75 Å². The van der Waals surface area contributed by atoms with Crippen LogP contribution in [0.4, 0.5) is 0 Å². The van der Waals surface area contributed by atoms with Crippen LogP contribution in [0.3, 0.4) is 0 Å². The minimum atomic E-state index is -0.168. The predicted octanol–water partition coefficient (Wildman–Crippen LogP) is 3.53. The fourth-order valence-electron chi connectivity index (χ4n) is 3.30. The molecule has 160 valence electrons. The van der Waals surface area contributed by atoms with Gasteiger partial charge in [-0.1, -0.05) is 11.6 Å². The maximum Gasteiger partial charge on any atom is 0.231 e. The van der Waals surface area contributed by atoms with Crippen molar-refractivity contribution < 1.29 is 28.5 Å². The van der Waals surface area contributed by atoms with E-state index in [9.17, 15) is 4.79 Å². The molecule has 2 aromatic rings. The van der Waals surface area contributed by atoms with E-state index in [1.165, 1.54) is 0 Å². The molecule has 2 aromatic carbocycles. The predicted molar refractivity (Wildman–Crippen MR) is 111 cm³/mol. The number of amides is 1. The van der Waals surface area contributed by atoms with Crippen LogP contribution >= 0.6 is 11.6 Å². The van der Waals surface area contributed by atoms with Crippen molar-refractivity contribution in [3.63, 3.8) is 0 Å². The SMILES string of the molecule is O=C(CCCOc1ccc(Cl)cc1)N1CCOC(COc2ccc3c(c2)OCO3)C1. The number of halogens is 1. The number of hydrogen-bond donors (Lipinski definition) is 0. The second-order valence-corrected chi connectivity index (χ2v) is 7.50. The Balaban J connectivity index is 1.17. The molecule has 1 amide bonds. The molecule has 4 rings (SSSR count). The highest BCUT2D eigenvalue weighted by molar-refractivity contribution is 6.30. The van der Waals surface area contributed by atoms with E-state index < -0.39 is 0 Å². The average molecular weight is 434 g/mol. The highest BCUT2D eigenvalue weighted by atomic mass is 35.5. The third-order valence-electron chi connectivity index (χ3n) is 4.89. The van der Waals surface area contributed by atoms with Crippen LogP contribution < -0.4 is 18.9 Å². The Morgan fingerprint density at radius 2 is 1.87 bits per heavy atom. The number of ether oxygens (including phenoxy) is 5. The number of hydrogen-bond acceptors (Lipinski definition) is 6. The van der Waals surface area contributed by atoms with Crippen LogP contribution in [0.25, 0.3) is 0 Å². The van der Waals surface area contributed by atoms with Gasteiger partial charge in [0.25, 0.3) is 0 Å². The zero-order chi connectivity index (χ0) is 20.8. The van der Waals surface area contributed by atoms with Crippen molar-refractivity contribution in [2.75, 3.05) is 39.7 Å². The maximum absolute atomic E-state index is 12.5. The summed E-state index contributed by atoms with van der Waals surface area (Å²) >= 11 is 5.86. The molecule has 1 fully saturated rings. The highest BCUT2D eigenvalue weighted by Crippen LogP contribution is 2.35. The number of morpholine rings is 1. The molecule has 1 atom stereocenters. The van der Waals surface area contributed by atoms with Gasteiger partial charge in [-0.2, -0.15) is 0 Å². The Kier molecular flexibility index (Phi) is 6.81. The minimum Gasteiger partial charge on any atom is -0.494 e. The first kappa shape index (κ1) is 20.6. The molecule has 0 aliphatic carbocycles. The summed E-state index contributed by atoms with van der Waals surface area (Å²) in [6.45, 7) is 2.69. The molecular weight excluding hydrogens is 410 g/mol. The van der Waals surface area contributed by atoms with Crippen molar-refractivity contribution in [1.29, 1.82) is 0 Å². The molecule has 2 aliphatic heterocycles. The molecule has 30 heavy (non-hydrogen) atoms. The van der Waals surface area contributed by atoms with Gasteiger partial charge in [-0.3, -0.25) is 4.79 Å². The molecule has 1 saturated heterocycles. The second-order valence-electron chi connectivity index (χ2n) is 7.06. The first-order valence-corrected chi connectivity index (χ1v) is 10.4. The average Bonchev–Trinajstić information content (AvgIpc) is 3.24. The standard InChI is InChI=1S/C22H24ClNO6/c23-16-3-5-17(6-4-16)26-10-1-2-22(25)24-9-11-27-19(13-24)14-28-18-7-8-20-21(12-18)30-15-29-20/h3-8,12,19H,1-2,9-11,13-15H2. The van der Waals surface area contributed by atoms with Gasteiger partial charge in [-0.05, 0) is 42.8 Å². The molecule has 1 unspecified atom stereocenters. The molecule has 0 saturated carbocycles. The van der Waals surface area contributed by atoms with E-state index in [2.05, 4.69) is 0 Å². The minimum absolute atomic E-state index is 0.103. The largest absolute Gasteiger partial charge is 0.494 e. The molecule has 0 bridgehead atoms. The van der Waals surface area contributed by atoms with Crippen molar-refractivity contribution in [2.24, 2.45) is 0 Å². The Morgan fingerprint density at radius 1 is 1.07 bits per heavy atom. The zero-order valence-electron chi connectivity index (χ0n) is 16.6. The van der Waals surface area contributed by atoms with Gasteiger partial charge < -0.3 is 28.6 Å². The van der Waals surface area contributed by atoms with Crippen molar-refractivity contribution >= 4 is 17.5 Å². The zero-order valence-corrected chi connectivity index (χ0v) is 17.3. The van der Waals surface area contributed by atoms with E-state index >= 15 is 0 Å². The van der Waals surface area contributed by atoms with Crippen molar-refractivity contribution in [3.05, 3.63) is 47.5 Å². The van der Waals surface area contributed by atoms with E-state index in [1.54, 1.807) is 18.2 Å². The lowest BCUT2D eigenvalue weighted by molar-refractivity contribution is -0.140. The van der Waals surface area contributed by atoms with Gasteiger partial charge >= 0.3 is 0 Å². The highest BCUT2D eigenvalue weighted by Gasteiger charge is 2.24. The molecule has 0 radical (unpaired) electrons. The summed E-state index contributed by atoms with van der Waals surface area (Å²) in [5.74, 6) is 2.93. The fourth-order valence-corrected chi connectivity index (χ4v) is 3.43. The first-order valence-electron chi connectivity index (χ1n) is 9.97. The number of carbonyl (C=O) groups is 1. The van der Waals surface area contributed by atoms with Gasteiger partial charge in [0.05, 0.1) is 19.8 Å². The Bertz CT molecular complexity index is 859. The van der Waals surface area contributed by atoms with Crippen molar-refractivity contribution in [2.45, 2.75) is 18.9 Å². The molecule has 0 spiro atoms. The third-order valence-corrected chi connectivity index (χ3v) is 5.14. The lowest BCUT2D eigenvalue weighted by Gasteiger charge is -2.33. The van der Waals surface area contributed by atoms with Crippen LogP contribution in [0.5, 0.6) is 23.0 Å². The quantitative estimate of drug-likeness (QED) is 0.593. The monoisotopic (exact) mass is 433 g/mol. The third kappa shape index (κ3) is 5.49. The van der Waals surface area contributed by atoms with Crippen molar-refractivity contribution in [3.8, 4) is 23.0 Å². The van der Waals surface area contributed by atoms with Crippen LogP contribution in [0, 0.1) is 0 Å². The van der Waals surface area contributed by atoms with Gasteiger partial charge in [0, 0.05) is 24.1 Å².